The Morgan fingerprint density at radius 1 is 1.47 bits per heavy atom. The van der Waals surface area contributed by atoms with E-state index in [0.29, 0.717) is 25.1 Å². The molecule has 92 valence electrons. The number of likely N-dealkylation sites (tertiary alicyclic amines) is 1. The number of rotatable bonds is 1. The van der Waals surface area contributed by atoms with Gasteiger partial charge in [-0.15, -0.1) is 0 Å². The van der Waals surface area contributed by atoms with E-state index in [1.807, 2.05) is 6.92 Å². The molecule has 0 spiro atoms. The number of carbonyl (C=O) groups is 1. The monoisotopic (exact) mass is 234 g/mol. The molecular formula is C13H18N2O2. The van der Waals surface area contributed by atoms with E-state index in [0.717, 1.165) is 12.8 Å². The SMILES string of the molecule is CC1(O)CCCN(C(=O)c2cccnc2)CC1. The summed E-state index contributed by atoms with van der Waals surface area (Å²) in [5.41, 5.74) is -0.0155. The van der Waals surface area contributed by atoms with Crippen molar-refractivity contribution in [3.05, 3.63) is 30.1 Å². The molecule has 4 nitrogen and oxygen atoms in total. The second kappa shape index (κ2) is 4.84. The lowest BCUT2D eigenvalue weighted by atomic mass is 9.98. The average Bonchev–Trinajstić information content (AvgIpc) is 2.50. The molecule has 0 radical (unpaired) electrons. The maximum Gasteiger partial charge on any atom is 0.255 e. The van der Waals surface area contributed by atoms with Gasteiger partial charge in [0.2, 0.25) is 0 Å². The molecule has 1 atom stereocenters. The minimum Gasteiger partial charge on any atom is -0.390 e. The molecule has 1 amide bonds. The molecular weight excluding hydrogens is 216 g/mol. The fourth-order valence-electron chi connectivity index (χ4n) is 2.14. The van der Waals surface area contributed by atoms with Gasteiger partial charge < -0.3 is 10.0 Å². The fraction of sp³-hybridized carbons (Fsp3) is 0.538. The van der Waals surface area contributed by atoms with Crippen LogP contribution in [0.3, 0.4) is 0 Å². The Morgan fingerprint density at radius 3 is 3.00 bits per heavy atom. The lowest BCUT2D eigenvalue weighted by Crippen LogP contribution is -2.33. The summed E-state index contributed by atoms with van der Waals surface area (Å²) in [7, 11) is 0. The normalized spacial score (nSPS) is 25.4. The largest absolute Gasteiger partial charge is 0.390 e. The van der Waals surface area contributed by atoms with Crippen molar-refractivity contribution in [1.29, 1.82) is 0 Å². The third kappa shape index (κ3) is 3.03. The Balaban J connectivity index is 2.06. The molecule has 1 unspecified atom stereocenters. The maximum atomic E-state index is 12.2. The molecule has 4 heteroatoms. The summed E-state index contributed by atoms with van der Waals surface area (Å²) in [6.07, 6.45) is 5.48. The number of aromatic nitrogens is 1. The quantitative estimate of drug-likeness (QED) is 0.800. The first kappa shape index (κ1) is 12.0. The molecule has 0 bridgehead atoms. The van der Waals surface area contributed by atoms with E-state index in [1.165, 1.54) is 0 Å². The highest BCUT2D eigenvalue weighted by atomic mass is 16.3. The van der Waals surface area contributed by atoms with E-state index < -0.39 is 5.60 Å². The Bertz CT molecular complexity index is 390. The van der Waals surface area contributed by atoms with Crippen molar-refractivity contribution in [2.75, 3.05) is 13.1 Å². The Hall–Kier alpha value is -1.42. The second-order valence-electron chi connectivity index (χ2n) is 4.88. The maximum absolute atomic E-state index is 12.2. The Kier molecular flexibility index (Phi) is 3.43. The first-order valence-electron chi connectivity index (χ1n) is 6.00. The van der Waals surface area contributed by atoms with Crippen LogP contribution < -0.4 is 0 Å². The van der Waals surface area contributed by atoms with Crippen LogP contribution in [0.25, 0.3) is 0 Å². The van der Waals surface area contributed by atoms with Gasteiger partial charge in [0.05, 0.1) is 11.2 Å². The molecule has 17 heavy (non-hydrogen) atoms. The number of carbonyl (C=O) groups excluding carboxylic acids is 1. The molecule has 1 N–H and O–H groups in total. The van der Waals surface area contributed by atoms with Crippen LogP contribution in [-0.4, -0.2) is 39.6 Å². The van der Waals surface area contributed by atoms with Crippen LogP contribution in [0.4, 0.5) is 0 Å². The molecule has 1 saturated heterocycles. The highest BCUT2D eigenvalue weighted by Crippen LogP contribution is 2.22. The van der Waals surface area contributed by atoms with Gasteiger partial charge in [0.25, 0.3) is 5.91 Å². The lowest BCUT2D eigenvalue weighted by Gasteiger charge is -2.22. The Morgan fingerprint density at radius 2 is 2.29 bits per heavy atom. The van der Waals surface area contributed by atoms with E-state index in [9.17, 15) is 9.90 Å². The third-order valence-corrected chi connectivity index (χ3v) is 3.26. The van der Waals surface area contributed by atoms with Crippen LogP contribution in [0.5, 0.6) is 0 Å². The van der Waals surface area contributed by atoms with Crippen LogP contribution in [0.15, 0.2) is 24.5 Å². The van der Waals surface area contributed by atoms with Crippen molar-refractivity contribution in [1.82, 2.24) is 9.88 Å². The zero-order valence-electron chi connectivity index (χ0n) is 10.1. The number of pyridine rings is 1. The summed E-state index contributed by atoms with van der Waals surface area (Å²) in [6, 6.07) is 3.54. The van der Waals surface area contributed by atoms with Crippen LogP contribution in [-0.2, 0) is 0 Å². The van der Waals surface area contributed by atoms with Gasteiger partial charge in [0.15, 0.2) is 0 Å². The molecule has 0 saturated carbocycles. The van der Waals surface area contributed by atoms with Crippen molar-refractivity contribution < 1.29 is 9.90 Å². The number of hydrogen-bond acceptors (Lipinski definition) is 3. The number of nitrogens with zero attached hydrogens (tertiary/aromatic N) is 2. The van der Waals surface area contributed by atoms with Crippen molar-refractivity contribution in [2.45, 2.75) is 31.8 Å². The molecule has 1 aromatic rings. The first-order chi connectivity index (χ1) is 8.08. The molecule has 0 aromatic carbocycles. The molecule has 1 aliphatic heterocycles. The standard InChI is InChI=1S/C13H18N2O2/c1-13(17)5-3-8-15(9-6-13)12(16)11-4-2-7-14-10-11/h2,4,7,10,17H,3,5-6,8-9H2,1H3. The second-order valence-corrected chi connectivity index (χ2v) is 4.88. The minimum atomic E-state index is -0.635. The van der Waals surface area contributed by atoms with Crippen LogP contribution >= 0.6 is 0 Å². The van der Waals surface area contributed by atoms with Gasteiger partial charge in [-0.1, -0.05) is 0 Å². The summed E-state index contributed by atoms with van der Waals surface area (Å²) < 4.78 is 0. The topological polar surface area (TPSA) is 53.4 Å². The van der Waals surface area contributed by atoms with Gasteiger partial charge in [0, 0.05) is 25.5 Å². The van der Waals surface area contributed by atoms with Crippen molar-refractivity contribution in [2.24, 2.45) is 0 Å². The number of aliphatic hydroxyl groups is 1. The molecule has 2 rings (SSSR count). The summed E-state index contributed by atoms with van der Waals surface area (Å²) in [6.45, 7) is 3.16. The van der Waals surface area contributed by atoms with Crippen molar-refractivity contribution >= 4 is 5.91 Å². The summed E-state index contributed by atoms with van der Waals surface area (Å²) in [5.74, 6) is 0.0100. The Labute approximate surface area is 101 Å². The van der Waals surface area contributed by atoms with Crippen LogP contribution in [0, 0.1) is 0 Å². The van der Waals surface area contributed by atoms with Gasteiger partial charge in [-0.05, 0) is 38.3 Å². The highest BCUT2D eigenvalue weighted by molar-refractivity contribution is 5.93. The van der Waals surface area contributed by atoms with E-state index in [-0.39, 0.29) is 5.91 Å². The van der Waals surface area contributed by atoms with Gasteiger partial charge in [0.1, 0.15) is 0 Å². The van der Waals surface area contributed by atoms with E-state index in [4.69, 9.17) is 0 Å². The zero-order chi connectivity index (χ0) is 12.3. The number of hydrogen-bond donors (Lipinski definition) is 1. The van der Waals surface area contributed by atoms with Crippen molar-refractivity contribution in [3.8, 4) is 0 Å². The molecule has 0 aliphatic carbocycles. The zero-order valence-corrected chi connectivity index (χ0v) is 10.1. The predicted octanol–water partition coefficient (Wildman–Crippen LogP) is 1.46. The first-order valence-corrected chi connectivity index (χ1v) is 6.00. The van der Waals surface area contributed by atoms with Gasteiger partial charge in [-0.3, -0.25) is 9.78 Å². The fourth-order valence-corrected chi connectivity index (χ4v) is 2.14. The molecule has 2 heterocycles. The third-order valence-electron chi connectivity index (χ3n) is 3.26. The average molecular weight is 234 g/mol. The number of amides is 1. The highest BCUT2D eigenvalue weighted by Gasteiger charge is 2.27. The summed E-state index contributed by atoms with van der Waals surface area (Å²) in [5, 5.41) is 9.97. The van der Waals surface area contributed by atoms with E-state index >= 15 is 0 Å². The molecule has 1 aromatic heterocycles. The summed E-state index contributed by atoms with van der Waals surface area (Å²) in [4.78, 5) is 17.9. The van der Waals surface area contributed by atoms with Crippen LogP contribution in [0.2, 0.25) is 0 Å². The van der Waals surface area contributed by atoms with Gasteiger partial charge in [-0.2, -0.15) is 0 Å². The van der Waals surface area contributed by atoms with Gasteiger partial charge in [-0.25, -0.2) is 0 Å². The molecule has 1 aliphatic rings. The molecule has 1 fully saturated rings. The smallest absolute Gasteiger partial charge is 0.255 e. The van der Waals surface area contributed by atoms with Crippen molar-refractivity contribution in [3.63, 3.8) is 0 Å². The lowest BCUT2D eigenvalue weighted by molar-refractivity contribution is 0.0438. The predicted molar refractivity (Wildman–Crippen MR) is 64.6 cm³/mol. The van der Waals surface area contributed by atoms with Crippen LogP contribution in [0.1, 0.15) is 36.5 Å². The van der Waals surface area contributed by atoms with E-state index in [2.05, 4.69) is 4.98 Å². The van der Waals surface area contributed by atoms with E-state index in [1.54, 1.807) is 29.4 Å². The van der Waals surface area contributed by atoms with Gasteiger partial charge >= 0.3 is 0 Å². The minimum absolute atomic E-state index is 0.0100. The summed E-state index contributed by atoms with van der Waals surface area (Å²) >= 11 is 0.